The minimum absolute atomic E-state index is 0.422. The van der Waals surface area contributed by atoms with Crippen molar-refractivity contribution in [1.29, 1.82) is 0 Å². The molecule has 1 N–H and O–H groups in total. The standard InChI is InChI=1S/C11H24N2O2/c1-9(2)13-5-10(7-14-3)12-11(6-13)8-15-4/h9-12H,5-8H2,1-4H3/t10-,11?/m0/s1. The minimum Gasteiger partial charge on any atom is -0.383 e. The van der Waals surface area contributed by atoms with Crippen molar-refractivity contribution in [3.63, 3.8) is 0 Å². The average molecular weight is 216 g/mol. The van der Waals surface area contributed by atoms with E-state index in [0.29, 0.717) is 18.1 Å². The molecule has 0 amide bonds. The Hall–Kier alpha value is -0.160. The molecular formula is C11H24N2O2. The molecule has 1 heterocycles. The van der Waals surface area contributed by atoms with Crippen LogP contribution in [0.2, 0.25) is 0 Å². The van der Waals surface area contributed by atoms with Gasteiger partial charge in [0.15, 0.2) is 0 Å². The highest BCUT2D eigenvalue weighted by molar-refractivity contribution is 4.87. The van der Waals surface area contributed by atoms with E-state index in [2.05, 4.69) is 24.1 Å². The van der Waals surface area contributed by atoms with E-state index in [9.17, 15) is 0 Å². The third kappa shape index (κ3) is 4.07. The highest BCUT2D eigenvalue weighted by atomic mass is 16.5. The molecule has 2 atom stereocenters. The molecule has 0 aromatic rings. The van der Waals surface area contributed by atoms with Crippen LogP contribution in [0.4, 0.5) is 0 Å². The van der Waals surface area contributed by atoms with Gasteiger partial charge in [0.05, 0.1) is 13.2 Å². The topological polar surface area (TPSA) is 33.7 Å². The molecule has 1 rings (SSSR count). The first-order chi connectivity index (χ1) is 7.17. The molecule has 0 aromatic heterocycles. The third-order valence-corrected chi connectivity index (χ3v) is 2.85. The number of hydrogen-bond acceptors (Lipinski definition) is 4. The zero-order valence-electron chi connectivity index (χ0n) is 10.3. The molecular weight excluding hydrogens is 192 g/mol. The maximum Gasteiger partial charge on any atom is 0.0628 e. The molecule has 1 aliphatic heterocycles. The summed E-state index contributed by atoms with van der Waals surface area (Å²) in [6, 6.07) is 1.43. The Labute approximate surface area is 92.9 Å². The molecule has 0 bridgehead atoms. The van der Waals surface area contributed by atoms with E-state index in [1.165, 1.54) is 0 Å². The molecule has 4 heteroatoms. The summed E-state index contributed by atoms with van der Waals surface area (Å²) in [6.45, 7) is 8.13. The Balaban J connectivity index is 2.48. The molecule has 1 unspecified atom stereocenters. The monoisotopic (exact) mass is 216 g/mol. The first-order valence-electron chi connectivity index (χ1n) is 5.65. The van der Waals surface area contributed by atoms with Crippen molar-refractivity contribution in [2.75, 3.05) is 40.5 Å². The molecule has 0 aromatic carbocycles. The highest BCUT2D eigenvalue weighted by Crippen LogP contribution is 2.09. The van der Waals surface area contributed by atoms with Gasteiger partial charge in [-0.3, -0.25) is 4.90 Å². The molecule has 0 aliphatic carbocycles. The van der Waals surface area contributed by atoms with Crippen molar-refractivity contribution >= 4 is 0 Å². The lowest BCUT2D eigenvalue weighted by atomic mass is 10.1. The van der Waals surface area contributed by atoms with Gasteiger partial charge in [-0.05, 0) is 13.8 Å². The van der Waals surface area contributed by atoms with Crippen LogP contribution in [0.25, 0.3) is 0 Å². The number of piperazine rings is 1. The van der Waals surface area contributed by atoms with Gasteiger partial charge < -0.3 is 14.8 Å². The van der Waals surface area contributed by atoms with Crippen LogP contribution in [0.15, 0.2) is 0 Å². The van der Waals surface area contributed by atoms with Crippen molar-refractivity contribution in [3.8, 4) is 0 Å². The van der Waals surface area contributed by atoms with Crippen molar-refractivity contribution in [2.45, 2.75) is 32.0 Å². The average Bonchev–Trinajstić information content (AvgIpc) is 2.18. The lowest BCUT2D eigenvalue weighted by Gasteiger charge is -2.40. The predicted octanol–water partition coefficient (Wildman–Crippen LogP) is 0.330. The molecule has 90 valence electrons. The summed E-state index contributed by atoms with van der Waals surface area (Å²) in [5.74, 6) is 0. The highest BCUT2D eigenvalue weighted by Gasteiger charge is 2.27. The number of methoxy groups -OCH3 is 2. The van der Waals surface area contributed by atoms with Gasteiger partial charge in [0, 0.05) is 45.4 Å². The van der Waals surface area contributed by atoms with Crippen LogP contribution in [0.3, 0.4) is 0 Å². The fraction of sp³-hybridized carbons (Fsp3) is 1.00. The largest absolute Gasteiger partial charge is 0.383 e. The Kier molecular flexibility index (Phi) is 5.53. The zero-order chi connectivity index (χ0) is 11.3. The summed E-state index contributed by atoms with van der Waals surface area (Å²) in [4.78, 5) is 2.48. The second kappa shape index (κ2) is 6.43. The van der Waals surface area contributed by atoms with Crippen LogP contribution in [0, 0.1) is 0 Å². The molecule has 15 heavy (non-hydrogen) atoms. The van der Waals surface area contributed by atoms with Gasteiger partial charge in [-0.2, -0.15) is 0 Å². The fourth-order valence-corrected chi connectivity index (χ4v) is 2.11. The molecule has 1 saturated heterocycles. The Morgan fingerprint density at radius 3 is 1.93 bits per heavy atom. The number of nitrogens with zero attached hydrogens (tertiary/aromatic N) is 1. The Morgan fingerprint density at radius 2 is 1.60 bits per heavy atom. The van der Waals surface area contributed by atoms with Crippen LogP contribution in [0.5, 0.6) is 0 Å². The summed E-state index contributed by atoms with van der Waals surface area (Å²) >= 11 is 0. The lowest BCUT2D eigenvalue weighted by Crippen LogP contribution is -2.60. The van der Waals surface area contributed by atoms with Crippen molar-refractivity contribution in [3.05, 3.63) is 0 Å². The van der Waals surface area contributed by atoms with Crippen molar-refractivity contribution in [2.24, 2.45) is 0 Å². The maximum absolute atomic E-state index is 5.21. The first-order valence-corrected chi connectivity index (χ1v) is 5.65. The SMILES string of the molecule is COCC1CN(C(C)C)C[C@@H](COC)N1. The second-order valence-electron chi connectivity index (χ2n) is 4.52. The zero-order valence-corrected chi connectivity index (χ0v) is 10.3. The van der Waals surface area contributed by atoms with Gasteiger partial charge in [0.1, 0.15) is 0 Å². The van der Waals surface area contributed by atoms with Gasteiger partial charge in [-0.25, -0.2) is 0 Å². The maximum atomic E-state index is 5.21. The first kappa shape index (κ1) is 12.9. The lowest BCUT2D eigenvalue weighted by molar-refractivity contribution is 0.0514. The van der Waals surface area contributed by atoms with Gasteiger partial charge in [-0.15, -0.1) is 0 Å². The predicted molar refractivity (Wildman–Crippen MR) is 61.2 cm³/mol. The van der Waals surface area contributed by atoms with Crippen LogP contribution in [-0.4, -0.2) is 63.5 Å². The van der Waals surface area contributed by atoms with E-state index >= 15 is 0 Å². The van der Waals surface area contributed by atoms with Crippen molar-refractivity contribution < 1.29 is 9.47 Å². The Bertz CT molecular complexity index is 162. The molecule has 0 spiro atoms. The normalized spacial score (nSPS) is 28.6. The molecule has 1 aliphatic rings. The van der Waals surface area contributed by atoms with E-state index in [1.807, 2.05) is 0 Å². The van der Waals surface area contributed by atoms with Gasteiger partial charge in [-0.1, -0.05) is 0 Å². The summed E-state index contributed by atoms with van der Waals surface area (Å²) in [5, 5.41) is 3.55. The smallest absolute Gasteiger partial charge is 0.0628 e. The van der Waals surface area contributed by atoms with Gasteiger partial charge in [0.25, 0.3) is 0 Å². The number of ether oxygens (including phenoxy) is 2. The van der Waals surface area contributed by atoms with Crippen molar-refractivity contribution in [1.82, 2.24) is 10.2 Å². The van der Waals surface area contributed by atoms with Crippen LogP contribution in [-0.2, 0) is 9.47 Å². The number of rotatable bonds is 5. The minimum atomic E-state index is 0.422. The van der Waals surface area contributed by atoms with Crippen LogP contribution < -0.4 is 5.32 Å². The summed E-state index contributed by atoms with van der Waals surface area (Å²) in [7, 11) is 3.50. The summed E-state index contributed by atoms with van der Waals surface area (Å²) < 4.78 is 10.4. The quantitative estimate of drug-likeness (QED) is 0.718. The van der Waals surface area contributed by atoms with Gasteiger partial charge in [0.2, 0.25) is 0 Å². The third-order valence-electron chi connectivity index (χ3n) is 2.85. The molecule has 4 nitrogen and oxygen atoms in total. The molecule has 1 fully saturated rings. The van der Waals surface area contributed by atoms with E-state index in [1.54, 1.807) is 14.2 Å². The number of nitrogens with one attached hydrogen (secondary N) is 1. The molecule has 0 radical (unpaired) electrons. The van der Waals surface area contributed by atoms with E-state index in [-0.39, 0.29) is 0 Å². The van der Waals surface area contributed by atoms with Gasteiger partial charge >= 0.3 is 0 Å². The van der Waals surface area contributed by atoms with Crippen LogP contribution in [0.1, 0.15) is 13.8 Å². The van der Waals surface area contributed by atoms with E-state index in [4.69, 9.17) is 9.47 Å². The fourth-order valence-electron chi connectivity index (χ4n) is 2.11. The Morgan fingerprint density at radius 1 is 1.13 bits per heavy atom. The number of hydrogen-bond donors (Lipinski definition) is 1. The van der Waals surface area contributed by atoms with Crippen LogP contribution >= 0.6 is 0 Å². The molecule has 0 saturated carbocycles. The summed E-state index contributed by atoms with van der Waals surface area (Å²) in [6.07, 6.45) is 0. The second-order valence-corrected chi connectivity index (χ2v) is 4.52. The van der Waals surface area contributed by atoms with E-state index < -0.39 is 0 Å². The van der Waals surface area contributed by atoms with E-state index in [0.717, 1.165) is 26.3 Å². The summed E-state index contributed by atoms with van der Waals surface area (Å²) in [5.41, 5.74) is 0.